The minimum atomic E-state index is -0.652. The minimum absolute atomic E-state index is 0.262. The highest BCUT2D eigenvalue weighted by Crippen LogP contribution is 2.25. The largest absolute Gasteiger partial charge is 0.505 e. The average molecular weight is 253 g/mol. The third-order valence-electron chi connectivity index (χ3n) is 1.09. The van der Waals surface area contributed by atoms with Crippen molar-refractivity contribution < 1.29 is 9.50 Å². The van der Waals surface area contributed by atoms with Gasteiger partial charge < -0.3 is 10.8 Å². The molecule has 4 heteroatoms. The Morgan fingerprint density at radius 2 is 2.10 bits per heavy atom. The minimum Gasteiger partial charge on any atom is -0.505 e. The van der Waals surface area contributed by atoms with Crippen LogP contribution in [-0.2, 0) is 0 Å². The molecule has 0 aliphatic rings. The maximum absolute atomic E-state index is 12.7. The monoisotopic (exact) mass is 253 g/mol. The van der Waals surface area contributed by atoms with Crippen molar-refractivity contribution in [1.82, 2.24) is 0 Å². The van der Waals surface area contributed by atoms with Gasteiger partial charge in [-0.2, -0.15) is 0 Å². The first-order valence-electron chi connectivity index (χ1n) is 2.55. The molecule has 2 nitrogen and oxygen atoms in total. The van der Waals surface area contributed by atoms with Gasteiger partial charge in [0.25, 0.3) is 0 Å². The Balaban J connectivity index is 3.34. The topological polar surface area (TPSA) is 46.2 Å². The van der Waals surface area contributed by atoms with Crippen LogP contribution in [0.1, 0.15) is 0 Å². The maximum Gasteiger partial charge on any atom is 0.180 e. The van der Waals surface area contributed by atoms with Gasteiger partial charge in [0.1, 0.15) is 0 Å². The van der Waals surface area contributed by atoms with Crippen LogP contribution in [0.5, 0.6) is 5.75 Å². The van der Waals surface area contributed by atoms with Crippen molar-refractivity contribution in [3.63, 3.8) is 0 Å². The normalized spacial score (nSPS) is 9.80. The number of anilines is 1. The molecule has 0 bridgehead atoms. The molecule has 0 fully saturated rings. The zero-order valence-corrected chi connectivity index (χ0v) is 7.09. The third kappa shape index (κ3) is 1.16. The number of rotatable bonds is 0. The van der Waals surface area contributed by atoms with E-state index in [0.29, 0.717) is 5.69 Å². The first-order valence-corrected chi connectivity index (χ1v) is 3.63. The lowest BCUT2D eigenvalue weighted by Crippen LogP contribution is -1.92. The molecule has 0 amide bonds. The third-order valence-corrected chi connectivity index (χ3v) is 2.19. The van der Waals surface area contributed by atoms with Crippen LogP contribution in [0.4, 0.5) is 10.1 Å². The van der Waals surface area contributed by atoms with Crippen molar-refractivity contribution in [2.24, 2.45) is 0 Å². The number of benzene rings is 1. The van der Waals surface area contributed by atoms with E-state index in [1.807, 2.05) is 0 Å². The summed E-state index contributed by atoms with van der Waals surface area (Å²) in [5.41, 5.74) is 5.67. The molecule has 1 aromatic carbocycles. The van der Waals surface area contributed by atoms with E-state index < -0.39 is 5.82 Å². The summed E-state index contributed by atoms with van der Waals surface area (Å²) in [6, 6.07) is 2.69. The molecule has 0 aliphatic heterocycles. The van der Waals surface area contributed by atoms with Gasteiger partial charge in [0.05, 0.1) is 3.57 Å². The number of halogens is 2. The molecule has 54 valence electrons. The van der Waals surface area contributed by atoms with E-state index in [0.717, 1.165) is 0 Å². The molecule has 1 rings (SSSR count). The van der Waals surface area contributed by atoms with E-state index in [1.54, 1.807) is 22.6 Å². The van der Waals surface area contributed by atoms with Crippen LogP contribution < -0.4 is 5.73 Å². The molecule has 3 N–H and O–H groups in total. The highest BCUT2D eigenvalue weighted by molar-refractivity contribution is 14.1. The van der Waals surface area contributed by atoms with Gasteiger partial charge >= 0.3 is 0 Å². The van der Waals surface area contributed by atoms with E-state index in [-0.39, 0.29) is 9.32 Å². The summed E-state index contributed by atoms with van der Waals surface area (Å²) >= 11 is 1.73. The number of hydrogen-bond donors (Lipinski definition) is 2. The summed E-state index contributed by atoms with van der Waals surface area (Å²) in [6.07, 6.45) is 0. The molecule has 0 saturated carbocycles. The lowest BCUT2D eigenvalue weighted by Gasteiger charge is -1.99. The quantitative estimate of drug-likeness (QED) is 0.420. The highest BCUT2D eigenvalue weighted by Gasteiger charge is 2.06. The van der Waals surface area contributed by atoms with E-state index in [4.69, 9.17) is 10.8 Å². The fourth-order valence-electron chi connectivity index (χ4n) is 0.554. The predicted octanol–water partition coefficient (Wildman–Crippen LogP) is 1.72. The van der Waals surface area contributed by atoms with Crippen LogP contribution in [0.3, 0.4) is 0 Å². The Hall–Kier alpha value is -0.520. The standard InChI is InChI=1S/C6H5FINO/c7-5-4(10)2-1-3(9)6(5)8/h1-2,10H,9H2. The van der Waals surface area contributed by atoms with Crippen LogP contribution in [0.2, 0.25) is 0 Å². The van der Waals surface area contributed by atoms with Gasteiger partial charge in [-0.3, -0.25) is 0 Å². The molecule has 1 aromatic rings. The SMILES string of the molecule is Nc1ccc(O)c(F)c1I. The van der Waals surface area contributed by atoms with Gasteiger partial charge in [-0.25, -0.2) is 4.39 Å². The van der Waals surface area contributed by atoms with Gasteiger partial charge in [-0.05, 0) is 34.7 Å². The smallest absolute Gasteiger partial charge is 0.180 e. The maximum atomic E-state index is 12.7. The molecule has 0 atom stereocenters. The average Bonchev–Trinajstić information content (AvgIpc) is 1.93. The number of hydrogen-bond acceptors (Lipinski definition) is 2. The molecule has 0 heterocycles. The zero-order chi connectivity index (χ0) is 7.72. The molecule has 0 saturated heterocycles. The van der Waals surface area contributed by atoms with Gasteiger partial charge in [0.15, 0.2) is 11.6 Å². The van der Waals surface area contributed by atoms with Crippen molar-refractivity contribution >= 4 is 28.3 Å². The van der Waals surface area contributed by atoms with Crippen molar-refractivity contribution in [3.05, 3.63) is 21.5 Å². The number of aromatic hydroxyl groups is 1. The second-order valence-electron chi connectivity index (χ2n) is 1.80. The first kappa shape index (κ1) is 7.59. The summed E-state index contributed by atoms with van der Waals surface area (Å²) in [5.74, 6) is -1.01. The second kappa shape index (κ2) is 2.61. The molecule has 0 radical (unpaired) electrons. The molecule has 0 unspecified atom stereocenters. The van der Waals surface area contributed by atoms with Crippen molar-refractivity contribution in [3.8, 4) is 5.75 Å². The van der Waals surface area contributed by atoms with E-state index in [1.165, 1.54) is 12.1 Å². The van der Waals surface area contributed by atoms with Gasteiger partial charge in [0, 0.05) is 5.69 Å². The van der Waals surface area contributed by atoms with Crippen LogP contribution in [0, 0.1) is 9.39 Å². The summed E-state index contributed by atoms with van der Waals surface area (Å²) in [4.78, 5) is 0. The molecular weight excluding hydrogens is 248 g/mol. The zero-order valence-electron chi connectivity index (χ0n) is 4.94. The van der Waals surface area contributed by atoms with Gasteiger partial charge in [-0.15, -0.1) is 0 Å². The fourth-order valence-corrected chi connectivity index (χ4v) is 1.01. The lowest BCUT2D eigenvalue weighted by molar-refractivity contribution is 0.430. The van der Waals surface area contributed by atoms with Crippen LogP contribution in [0.15, 0.2) is 12.1 Å². The van der Waals surface area contributed by atoms with Crippen LogP contribution >= 0.6 is 22.6 Å². The molecular formula is C6H5FINO. The van der Waals surface area contributed by atoms with E-state index >= 15 is 0 Å². The number of nitrogens with two attached hydrogens (primary N) is 1. The van der Waals surface area contributed by atoms with Crippen molar-refractivity contribution in [2.45, 2.75) is 0 Å². The Kier molecular flexibility index (Phi) is 1.98. The van der Waals surface area contributed by atoms with E-state index in [2.05, 4.69) is 0 Å². The molecule has 0 aromatic heterocycles. The Bertz CT molecular complexity index is 237. The van der Waals surface area contributed by atoms with Crippen LogP contribution in [0.25, 0.3) is 0 Å². The highest BCUT2D eigenvalue weighted by atomic mass is 127. The van der Waals surface area contributed by atoms with Crippen molar-refractivity contribution in [2.75, 3.05) is 5.73 Å². The summed E-state index contributed by atoms with van der Waals surface area (Å²) < 4.78 is 12.9. The molecule has 0 aliphatic carbocycles. The van der Waals surface area contributed by atoms with E-state index in [9.17, 15) is 4.39 Å². The molecule has 0 spiro atoms. The summed E-state index contributed by atoms with van der Waals surface area (Å²) in [5, 5.41) is 8.79. The molecule has 10 heavy (non-hydrogen) atoms. The lowest BCUT2D eigenvalue weighted by atomic mass is 10.3. The number of nitrogen functional groups attached to an aromatic ring is 1. The first-order chi connectivity index (χ1) is 4.63. The van der Waals surface area contributed by atoms with Crippen LogP contribution in [-0.4, -0.2) is 5.11 Å². The number of phenols is 1. The predicted molar refractivity (Wildman–Crippen MR) is 45.2 cm³/mol. The fraction of sp³-hybridized carbons (Fsp3) is 0. The summed E-state index contributed by atoms with van der Waals surface area (Å²) in [7, 11) is 0. The Morgan fingerprint density at radius 3 is 2.60 bits per heavy atom. The number of phenolic OH excluding ortho intramolecular Hbond substituents is 1. The second-order valence-corrected chi connectivity index (χ2v) is 2.88. The van der Waals surface area contributed by atoms with Gasteiger partial charge in [0.2, 0.25) is 0 Å². The van der Waals surface area contributed by atoms with Gasteiger partial charge in [-0.1, -0.05) is 0 Å². The summed E-state index contributed by atoms with van der Waals surface area (Å²) in [6.45, 7) is 0. The Labute approximate surface area is 71.0 Å². The Morgan fingerprint density at radius 1 is 1.50 bits per heavy atom. The van der Waals surface area contributed by atoms with Crippen molar-refractivity contribution in [1.29, 1.82) is 0 Å².